The molecule has 3 heteroatoms. The van der Waals surface area contributed by atoms with Crippen LogP contribution in [-0.4, -0.2) is 49.8 Å². The van der Waals surface area contributed by atoms with Crippen molar-refractivity contribution >= 4 is 0 Å². The highest BCUT2D eigenvalue weighted by molar-refractivity contribution is 4.90. The smallest absolute Gasteiger partial charge is 0.0621 e. The van der Waals surface area contributed by atoms with E-state index in [1.807, 2.05) is 0 Å². The van der Waals surface area contributed by atoms with Crippen molar-refractivity contribution in [2.24, 2.45) is 0 Å². The Morgan fingerprint density at radius 2 is 2.07 bits per heavy atom. The van der Waals surface area contributed by atoms with Crippen LogP contribution in [0.15, 0.2) is 0 Å². The first-order chi connectivity index (χ1) is 7.23. The van der Waals surface area contributed by atoms with Gasteiger partial charge in [-0.25, -0.2) is 0 Å². The highest BCUT2D eigenvalue weighted by atomic mass is 16.5. The number of nitrogens with one attached hydrogen (secondary N) is 1. The van der Waals surface area contributed by atoms with E-state index in [1.54, 1.807) is 0 Å². The highest BCUT2D eigenvalue weighted by Gasteiger charge is 2.31. The van der Waals surface area contributed by atoms with E-state index < -0.39 is 0 Å². The van der Waals surface area contributed by atoms with E-state index >= 15 is 0 Å². The van der Waals surface area contributed by atoms with Crippen molar-refractivity contribution in [2.45, 2.75) is 44.2 Å². The Kier molecular flexibility index (Phi) is 3.65. The van der Waals surface area contributed by atoms with E-state index in [4.69, 9.17) is 4.74 Å². The minimum atomic E-state index is 0.367. The summed E-state index contributed by atoms with van der Waals surface area (Å²) in [5.74, 6) is 0. The normalized spacial score (nSPS) is 32.8. The summed E-state index contributed by atoms with van der Waals surface area (Å²) in [6.07, 6.45) is 5.10. The molecule has 0 aliphatic carbocycles. The summed E-state index contributed by atoms with van der Waals surface area (Å²) < 4.78 is 5.56. The van der Waals surface area contributed by atoms with Crippen LogP contribution in [0.25, 0.3) is 0 Å². The second-order valence-corrected chi connectivity index (χ2v) is 5.22. The van der Waals surface area contributed by atoms with Gasteiger partial charge >= 0.3 is 0 Å². The zero-order valence-corrected chi connectivity index (χ0v) is 10.1. The zero-order chi connectivity index (χ0) is 10.7. The molecule has 1 N–H and O–H groups in total. The Hall–Kier alpha value is -0.120. The quantitative estimate of drug-likeness (QED) is 0.745. The summed E-state index contributed by atoms with van der Waals surface area (Å²) in [6, 6.07) is 0.695. The average Bonchev–Trinajstić information content (AvgIpc) is 2.31. The number of nitrogens with zero attached hydrogens (tertiary/aromatic N) is 1. The standard InChI is InChI=1S/C12H24N2O/c1-12(13-2)5-7-14(8-6-12)11-4-3-9-15-10-11/h11,13H,3-10H2,1-2H3. The molecule has 15 heavy (non-hydrogen) atoms. The molecule has 2 fully saturated rings. The molecule has 1 atom stereocenters. The Morgan fingerprint density at radius 3 is 2.60 bits per heavy atom. The van der Waals surface area contributed by atoms with Crippen LogP contribution in [-0.2, 0) is 4.74 Å². The van der Waals surface area contributed by atoms with Gasteiger partial charge in [0.05, 0.1) is 6.61 Å². The van der Waals surface area contributed by atoms with Gasteiger partial charge in [-0.3, -0.25) is 4.90 Å². The maximum absolute atomic E-state index is 5.56. The number of ether oxygens (including phenoxy) is 1. The van der Waals surface area contributed by atoms with Crippen molar-refractivity contribution in [3.05, 3.63) is 0 Å². The van der Waals surface area contributed by atoms with E-state index in [-0.39, 0.29) is 0 Å². The van der Waals surface area contributed by atoms with Gasteiger partial charge in [0, 0.05) is 31.3 Å². The van der Waals surface area contributed by atoms with Gasteiger partial charge in [0.25, 0.3) is 0 Å². The molecular weight excluding hydrogens is 188 g/mol. The summed E-state index contributed by atoms with van der Waals surface area (Å²) in [5.41, 5.74) is 0.367. The lowest BCUT2D eigenvalue weighted by Crippen LogP contribution is -2.53. The molecule has 0 aromatic carbocycles. The van der Waals surface area contributed by atoms with Gasteiger partial charge < -0.3 is 10.1 Å². The minimum absolute atomic E-state index is 0.367. The second-order valence-electron chi connectivity index (χ2n) is 5.22. The van der Waals surface area contributed by atoms with Gasteiger partial charge in [0.1, 0.15) is 0 Å². The molecule has 0 amide bonds. The summed E-state index contributed by atoms with van der Waals surface area (Å²) in [7, 11) is 2.08. The first-order valence-electron chi connectivity index (χ1n) is 6.24. The van der Waals surface area contributed by atoms with Crippen LogP contribution in [0, 0.1) is 0 Å². The predicted octanol–water partition coefficient (Wildman–Crippen LogP) is 1.24. The third-order valence-electron chi connectivity index (χ3n) is 4.16. The van der Waals surface area contributed by atoms with Crippen molar-refractivity contribution < 1.29 is 4.74 Å². The van der Waals surface area contributed by atoms with Gasteiger partial charge in [-0.1, -0.05) is 0 Å². The number of likely N-dealkylation sites (tertiary alicyclic amines) is 1. The van der Waals surface area contributed by atoms with E-state index in [2.05, 4.69) is 24.2 Å². The van der Waals surface area contributed by atoms with Crippen LogP contribution in [0.1, 0.15) is 32.6 Å². The molecule has 2 saturated heterocycles. The van der Waals surface area contributed by atoms with Crippen molar-refractivity contribution in [1.82, 2.24) is 10.2 Å². The zero-order valence-electron chi connectivity index (χ0n) is 10.1. The average molecular weight is 212 g/mol. The fourth-order valence-electron chi connectivity index (χ4n) is 2.64. The molecule has 0 bridgehead atoms. The van der Waals surface area contributed by atoms with Gasteiger partial charge in [-0.15, -0.1) is 0 Å². The maximum Gasteiger partial charge on any atom is 0.0621 e. The molecule has 0 aromatic rings. The molecule has 2 rings (SSSR count). The maximum atomic E-state index is 5.56. The SMILES string of the molecule is CNC1(C)CCN(C2CCCOC2)CC1. The molecule has 0 spiro atoms. The van der Waals surface area contributed by atoms with E-state index in [0.29, 0.717) is 11.6 Å². The van der Waals surface area contributed by atoms with Gasteiger partial charge in [-0.05, 0) is 39.7 Å². The lowest BCUT2D eigenvalue weighted by molar-refractivity contribution is 0.000841. The topological polar surface area (TPSA) is 24.5 Å². The number of hydrogen-bond acceptors (Lipinski definition) is 3. The van der Waals surface area contributed by atoms with E-state index in [0.717, 1.165) is 13.2 Å². The molecule has 1 unspecified atom stereocenters. The fraction of sp³-hybridized carbons (Fsp3) is 1.00. The van der Waals surface area contributed by atoms with E-state index in [9.17, 15) is 0 Å². The molecule has 2 heterocycles. The lowest BCUT2D eigenvalue weighted by atomic mass is 9.89. The minimum Gasteiger partial charge on any atom is -0.380 e. The van der Waals surface area contributed by atoms with Crippen LogP contribution in [0.4, 0.5) is 0 Å². The second kappa shape index (κ2) is 4.81. The van der Waals surface area contributed by atoms with Crippen molar-refractivity contribution in [3.8, 4) is 0 Å². The molecule has 0 saturated carbocycles. The molecule has 3 nitrogen and oxygen atoms in total. The molecule has 2 aliphatic heterocycles. The lowest BCUT2D eigenvalue weighted by Gasteiger charge is -2.43. The first kappa shape index (κ1) is 11.4. The van der Waals surface area contributed by atoms with Gasteiger partial charge in [0.15, 0.2) is 0 Å². The first-order valence-corrected chi connectivity index (χ1v) is 6.24. The Morgan fingerprint density at radius 1 is 1.33 bits per heavy atom. The third-order valence-corrected chi connectivity index (χ3v) is 4.16. The number of hydrogen-bond donors (Lipinski definition) is 1. The van der Waals surface area contributed by atoms with Crippen LogP contribution in [0.5, 0.6) is 0 Å². The Bertz CT molecular complexity index is 194. The van der Waals surface area contributed by atoms with Crippen LogP contribution < -0.4 is 5.32 Å². The fourth-order valence-corrected chi connectivity index (χ4v) is 2.64. The predicted molar refractivity (Wildman–Crippen MR) is 62.1 cm³/mol. The molecule has 2 aliphatic rings. The summed E-state index contributed by atoms with van der Waals surface area (Å²) in [5, 5.41) is 3.45. The van der Waals surface area contributed by atoms with Crippen molar-refractivity contribution in [1.29, 1.82) is 0 Å². The van der Waals surface area contributed by atoms with Gasteiger partial charge in [0.2, 0.25) is 0 Å². The largest absolute Gasteiger partial charge is 0.380 e. The molecule has 88 valence electrons. The molecular formula is C12H24N2O. The van der Waals surface area contributed by atoms with E-state index in [1.165, 1.54) is 38.8 Å². The summed E-state index contributed by atoms with van der Waals surface area (Å²) in [4.78, 5) is 2.62. The van der Waals surface area contributed by atoms with Gasteiger partial charge in [-0.2, -0.15) is 0 Å². The highest BCUT2D eigenvalue weighted by Crippen LogP contribution is 2.24. The van der Waals surface area contributed by atoms with Crippen LogP contribution >= 0.6 is 0 Å². The third kappa shape index (κ3) is 2.71. The number of rotatable bonds is 2. The van der Waals surface area contributed by atoms with Crippen LogP contribution in [0.3, 0.4) is 0 Å². The van der Waals surface area contributed by atoms with Crippen molar-refractivity contribution in [3.63, 3.8) is 0 Å². The molecule has 0 radical (unpaired) electrons. The van der Waals surface area contributed by atoms with Crippen molar-refractivity contribution in [2.75, 3.05) is 33.4 Å². The summed E-state index contributed by atoms with van der Waals surface area (Å²) in [6.45, 7) is 6.72. The molecule has 0 aromatic heterocycles. The Labute approximate surface area is 93.2 Å². The summed E-state index contributed by atoms with van der Waals surface area (Å²) >= 11 is 0. The number of piperidine rings is 1. The Balaban J connectivity index is 1.82. The van der Waals surface area contributed by atoms with Crippen LogP contribution in [0.2, 0.25) is 0 Å². The monoisotopic (exact) mass is 212 g/mol.